The van der Waals surface area contributed by atoms with Gasteiger partial charge in [-0.25, -0.2) is 8.42 Å². The molecule has 0 amide bonds. The van der Waals surface area contributed by atoms with Gasteiger partial charge < -0.3 is 9.29 Å². The number of rotatable bonds is 3. The molecule has 0 aliphatic carbocycles. The standard InChI is InChI=1S/C7H7BrO4S.Na/c8-5-12-6-1-3-7(4-2-6)13(9,10)11;/h1-4H,5H2,(H,9,10,11);/q;+1/p-1. The van der Waals surface area contributed by atoms with Crippen molar-refractivity contribution in [3.8, 4) is 5.75 Å². The molecule has 72 valence electrons. The molecule has 0 atom stereocenters. The van der Waals surface area contributed by atoms with E-state index in [0.717, 1.165) is 0 Å². The molecule has 0 radical (unpaired) electrons. The molecule has 0 unspecified atom stereocenters. The van der Waals surface area contributed by atoms with Crippen LogP contribution in [0.15, 0.2) is 29.2 Å². The van der Waals surface area contributed by atoms with Crippen LogP contribution in [-0.2, 0) is 10.1 Å². The summed E-state index contributed by atoms with van der Waals surface area (Å²) in [4.78, 5) is -0.255. The van der Waals surface area contributed by atoms with Gasteiger partial charge in [-0.15, -0.1) is 0 Å². The van der Waals surface area contributed by atoms with Crippen molar-refractivity contribution in [3.05, 3.63) is 24.3 Å². The second-order valence-electron chi connectivity index (χ2n) is 2.18. The topological polar surface area (TPSA) is 66.4 Å². The van der Waals surface area contributed by atoms with E-state index in [1.54, 1.807) is 0 Å². The molecule has 0 N–H and O–H groups in total. The molecule has 0 saturated carbocycles. The summed E-state index contributed by atoms with van der Waals surface area (Å²) >= 11 is 3.04. The maximum absolute atomic E-state index is 10.5. The van der Waals surface area contributed by atoms with Crippen molar-refractivity contribution in [2.45, 2.75) is 4.90 Å². The van der Waals surface area contributed by atoms with E-state index in [9.17, 15) is 13.0 Å². The molecule has 0 saturated heterocycles. The van der Waals surface area contributed by atoms with Gasteiger partial charge in [-0.2, -0.15) is 0 Å². The molecule has 0 aromatic heterocycles. The summed E-state index contributed by atoms with van der Waals surface area (Å²) in [7, 11) is -4.35. The zero-order valence-corrected chi connectivity index (χ0v) is 11.8. The van der Waals surface area contributed by atoms with Crippen molar-refractivity contribution in [2.24, 2.45) is 0 Å². The molecular weight excluding hydrogens is 283 g/mol. The summed E-state index contributed by atoms with van der Waals surface area (Å²) < 4.78 is 36.5. The largest absolute Gasteiger partial charge is 1.00 e. The number of benzene rings is 1. The minimum Gasteiger partial charge on any atom is -0.744 e. The summed E-state index contributed by atoms with van der Waals surface area (Å²) in [6.45, 7) is 0. The maximum atomic E-state index is 10.5. The third-order valence-corrected chi connectivity index (χ3v) is 2.41. The van der Waals surface area contributed by atoms with Crippen molar-refractivity contribution >= 4 is 26.0 Å². The first-order valence-corrected chi connectivity index (χ1v) is 5.82. The summed E-state index contributed by atoms with van der Waals surface area (Å²) in [6, 6.07) is 5.26. The molecule has 7 heteroatoms. The van der Waals surface area contributed by atoms with Gasteiger partial charge in [0, 0.05) is 0 Å². The first-order chi connectivity index (χ1) is 6.04. The monoisotopic (exact) mass is 288 g/mol. The molecule has 1 rings (SSSR count). The van der Waals surface area contributed by atoms with Crippen LogP contribution in [-0.4, -0.2) is 18.5 Å². The summed E-state index contributed by atoms with van der Waals surface area (Å²) in [5, 5.41) is 0. The average Bonchev–Trinajstić information content (AvgIpc) is 2.04. The van der Waals surface area contributed by atoms with E-state index in [4.69, 9.17) is 4.74 Å². The smallest absolute Gasteiger partial charge is 0.744 e. The van der Waals surface area contributed by atoms with E-state index >= 15 is 0 Å². The summed E-state index contributed by atoms with van der Waals surface area (Å²) in [6.07, 6.45) is 0. The van der Waals surface area contributed by atoms with E-state index in [-0.39, 0.29) is 34.5 Å². The molecular formula is C7H6BrNaO4S. The Hall–Kier alpha value is 0.410. The Kier molecular flexibility index (Phi) is 6.27. The van der Waals surface area contributed by atoms with Crippen molar-refractivity contribution < 1.29 is 47.3 Å². The number of alkyl halides is 1. The Labute approximate surface area is 113 Å². The van der Waals surface area contributed by atoms with Gasteiger partial charge in [0.05, 0.1) is 4.90 Å². The Morgan fingerprint density at radius 3 is 2.14 bits per heavy atom. The Morgan fingerprint density at radius 1 is 1.29 bits per heavy atom. The van der Waals surface area contributed by atoms with Crippen LogP contribution in [0.2, 0.25) is 0 Å². The van der Waals surface area contributed by atoms with Crippen LogP contribution in [0.1, 0.15) is 0 Å². The van der Waals surface area contributed by atoms with Gasteiger partial charge in [0.15, 0.2) is 0 Å². The molecule has 0 spiro atoms. The normalized spacial score (nSPS) is 10.4. The SMILES string of the molecule is O=S(=O)([O-])c1ccc(OCBr)cc1.[Na+]. The van der Waals surface area contributed by atoms with Crippen molar-refractivity contribution in [3.63, 3.8) is 0 Å². The molecule has 0 aliphatic heterocycles. The van der Waals surface area contributed by atoms with Crippen LogP contribution < -0.4 is 34.3 Å². The number of hydrogen-bond donors (Lipinski definition) is 0. The molecule has 0 heterocycles. The van der Waals surface area contributed by atoms with Crippen LogP contribution in [0.4, 0.5) is 0 Å². The molecule has 0 fully saturated rings. The predicted octanol–water partition coefficient (Wildman–Crippen LogP) is -1.67. The van der Waals surface area contributed by atoms with Gasteiger partial charge in [-0.1, -0.05) is 0 Å². The van der Waals surface area contributed by atoms with Gasteiger partial charge in [0.1, 0.15) is 21.4 Å². The minimum absolute atomic E-state index is 0. The summed E-state index contributed by atoms with van der Waals surface area (Å²) in [5.41, 5.74) is 0.316. The second kappa shape index (κ2) is 6.09. The van der Waals surface area contributed by atoms with Gasteiger partial charge in [0.2, 0.25) is 0 Å². The van der Waals surface area contributed by atoms with Crippen molar-refractivity contribution in [1.29, 1.82) is 0 Å². The van der Waals surface area contributed by atoms with Crippen LogP contribution in [0.3, 0.4) is 0 Å². The van der Waals surface area contributed by atoms with Crippen molar-refractivity contribution in [1.82, 2.24) is 0 Å². The molecule has 14 heavy (non-hydrogen) atoms. The van der Waals surface area contributed by atoms with Crippen LogP contribution in [0, 0.1) is 0 Å². The first-order valence-electron chi connectivity index (χ1n) is 3.29. The zero-order valence-electron chi connectivity index (χ0n) is 7.44. The van der Waals surface area contributed by atoms with Crippen LogP contribution in [0.5, 0.6) is 5.75 Å². The maximum Gasteiger partial charge on any atom is 1.00 e. The predicted molar refractivity (Wildman–Crippen MR) is 48.8 cm³/mol. The first kappa shape index (κ1) is 14.4. The number of halogens is 1. The quantitative estimate of drug-likeness (QED) is 0.379. The number of ether oxygens (including phenoxy) is 1. The third-order valence-electron chi connectivity index (χ3n) is 1.33. The Morgan fingerprint density at radius 2 is 1.79 bits per heavy atom. The molecule has 0 aliphatic rings. The van der Waals surface area contributed by atoms with Gasteiger partial charge in [0.25, 0.3) is 0 Å². The summed E-state index contributed by atoms with van der Waals surface area (Å²) in [5.74, 6) is 0.504. The molecule has 0 bridgehead atoms. The van der Waals surface area contributed by atoms with E-state index in [0.29, 0.717) is 11.3 Å². The molecule has 1 aromatic rings. The fraction of sp³-hybridized carbons (Fsp3) is 0.143. The van der Waals surface area contributed by atoms with Crippen molar-refractivity contribution in [2.75, 3.05) is 5.52 Å². The van der Waals surface area contributed by atoms with Gasteiger partial charge >= 0.3 is 29.6 Å². The third kappa shape index (κ3) is 4.29. The number of hydrogen-bond acceptors (Lipinski definition) is 4. The van der Waals surface area contributed by atoms with Gasteiger partial charge in [-0.05, 0) is 40.2 Å². The van der Waals surface area contributed by atoms with Crippen LogP contribution >= 0.6 is 15.9 Å². The van der Waals surface area contributed by atoms with E-state index in [1.165, 1.54) is 24.3 Å². The zero-order chi connectivity index (χ0) is 9.90. The van der Waals surface area contributed by atoms with E-state index in [1.807, 2.05) is 0 Å². The van der Waals surface area contributed by atoms with E-state index < -0.39 is 10.1 Å². The second-order valence-corrected chi connectivity index (χ2v) is 4.02. The molecule has 4 nitrogen and oxygen atoms in total. The molecule has 1 aromatic carbocycles. The van der Waals surface area contributed by atoms with Gasteiger partial charge in [-0.3, -0.25) is 0 Å². The van der Waals surface area contributed by atoms with E-state index in [2.05, 4.69) is 15.9 Å². The minimum atomic E-state index is -4.35. The van der Waals surface area contributed by atoms with Crippen LogP contribution in [0.25, 0.3) is 0 Å². The average molecular weight is 289 g/mol. The fourth-order valence-corrected chi connectivity index (χ4v) is 1.50. The Bertz CT molecular complexity index is 375. The fourth-order valence-electron chi connectivity index (χ4n) is 0.766. The Balaban J connectivity index is 0.00000169.